The number of fused-ring (bicyclic) bond motifs is 6. The molecule has 0 atom stereocenters. The molecule has 12 heterocycles. The molecule has 136 heavy (non-hydrogen) atoms. The summed E-state index contributed by atoms with van der Waals surface area (Å²) in [6.45, 7) is 19.1. The van der Waals surface area contributed by atoms with Crippen molar-refractivity contribution in [3.8, 4) is 85.3 Å². The lowest BCUT2D eigenvalue weighted by atomic mass is 9.93. The lowest BCUT2D eigenvalue weighted by Gasteiger charge is -2.27. The van der Waals surface area contributed by atoms with E-state index in [1.807, 2.05) is 175 Å². The Morgan fingerprint density at radius 3 is 1.03 bits per heavy atom. The van der Waals surface area contributed by atoms with E-state index in [2.05, 4.69) is 182 Å². The van der Waals surface area contributed by atoms with Crippen LogP contribution in [0.4, 0.5) is 58.2 Å². The molecule has 13 N–H and O–H groups in total. The fourth-order valence-corrected chi connectivity index (χ4v) is 15.6. The van der Waals surface area contributed by atoms with E-state index in [4.69, 9.17) is 15.0 Å². The number of hydrogen-bond acceptors (Lipinski definition) is 19. The van der Waals surface area contributed by atoms with Crippen molar-refractivity contribution in [2.45, 2.75) is 150 Å². The summed E-state index contributed by atoms with van der Waals surface area (Å²) in [5.74, 6) is 4.72. The fourth-order valence-electron chi connectivity index (χ4n) is 15.6. The predicted octanol–water partition coefficient (Wildman–Crippen LogP) is 25.6. The Hall–Kier alpha value is -16.2. The number of hydrogen-bond donors (Lipinski definition) is 13. The molecular weight excluding hydrogens is 1710 g/mol. The third kappa shape index (κ3) is 21.8. The average Bonchev–Trinajstić information content (AvgIpc) is 1.65. The van der Waals surface area contributed by atoms with E-state index in [-0.39, 0.29) is 35.2 Å². The number of benzene rings is 8. The zero-order valence-corrected chi connectivity index (χ0v) is 76.9. The van der Waals surface area contributed by atoms with Gasteiger partial charge in [-0.15, -0.1) is 0 Å². The highest BCUT2D eigenvalue weighted by molar-refractivity contribution is 5.96. The zero-order valence-electron chi connectivity index (χ0n) is 76.9. The van der Waals surface area contributed by atoms with Gasteiger partial charge in [-0.25, -0.2) is 77.4 Å². The van der Waals surface area contributed by atoms with Crippen molar-refractivity contribution >= 4 is 107 Å². The summed E-state index contributed by atoms with van der Waals surface area (Å²) in [7, 11) is 0. The molecule has 686 valence electrons. The van der Waals surface area contributed by atoms with Crippen LogP contribution in [0, 0.1) is 46.3 Å². The maximum Gasteiger partial charge on any atom is 0.284 e. The largest absolute Gasteiger partial charge is 0.508 e. The summed E-state index contributed by atoms with van der Waals surface area (Å²) in [5, 5.41) is 35.3. The standard InChI is InChI=1S/C21H20N4.C19H15FN4.C17H18F2N4.C17H17FN4.C17H18N4.C16H16N4O/c1-14(2)22-20-17-13-18(15-9-5-3-6-10-15)23-21(17)25-19(24-20)16-11-7-4-8-12-16;1-12-11-15-18(21-12)23-17(14-9-5-6-10-16(14)20)24-19(15)22-13-7-3-2-4-8-13;1-10(2)20-15-12-9-13(17(3,18)19)21-16(12)23-14(22-15)11-7-5-4-6-8-11;1-10-9-13-16(19-10)21-15(12-7-2-3-8-14(12)18)22-17(13)20-11-5-4-6-11;1-10-3-5-12(6-4-10)15-20-16-14(9-11(2)18-16)17(21-15)19-13-7-8-13;1-9-8-13-15(17-9)19-14(10-2-6-12(21)7-3-10)20-16(13)18-11-4-5-11/h3-14H,1-2H3,(H2,22,23,24,25);2-11H,1H3,(H2,21,22,23,24);4-10H,1-3H3,(H2,20,21,22,23);2-3,7-9,11H,4-6H2,1H3,(H2,19,20,21,22);3-6,9,13H,7-8H2,1-2H3,(H2,18,19,20,21);2-3,6-8,11,21H,4-5H2,1H3,(H2,17,18,19,20). The SMILES string of the molecule is CC(C)Nc1nc(-c2ccccc2)nc2[nH]c(-c3ccccc3)cc12.CC(C)Nc1nc(-c2ccccc2)nc2[nH]c(C(C)(F)F)cc12.Cc1cc2c(NC3CC3)nc(-c3ccc(O)cc3)nc2[nH]1.Cc1cc2c(NC3CCC3)nc(-c3ccccc3F)nc2[nH]1.Cc1cc2c(Nc3ccccc3)nc(-c3ccccc3F)nc2[nH]1.Cc1ccc(-c2nc(NC3CC3)c3cc(C)[nH]c3n2)cc1. The van der Waals surface area contributed by atoms with Crippen LogP contribution in [0.3, 0.4) is 0 Å². The number of nitrogens with one attached hydrogen (secondary N) is 12. The predicted molar refractivity (Wildman–Crippen MR) is 538 cm³/mol. The second kappa shape index (κ2) is 39.7. The van der Waals surface area contributed by atoms with Gasteiger partial charge < -0.3 is 66.9 Å². The van der Waals surface area contributed by atoms with Crippen molar-refractivity contribution in [3.05, 3.63) is 300 Å². The number of rotatable bonds is 20. The molecule has 0 aliphatic heterocycles. The molecule has 29 heteroatoms. The van der Waals surface area contributed by atoms with Gasteiger partial charge in [0, 0.05) is 93.5 Å². The number of H-pyrrole nitrogens is 6. The Balaban J connectivity index is 0.000000109. The monoisotopic (exact) mass is 1820 g/mol. The summed E-state index contributed by atoms with van der Waals surface area (Å²) in [5.41, 5.74) is 17.3. The van der Waals surface area contributed by atoms with Crippen LogP contribution < -0.4 is 31.9 Å². The number of aromatic nitrogens is 18. The van der Waals surface area contributed by atoms with Gasteiger partial charge in [-0.3, -0.25) is 0 Å². The van der Waals surface area contributed by atoms with Crippen LogP contribution in [0.15, 0.2) is 255 Å². The van der Waals surface area contributed by atoms with Crippen molar-refractivity contribution in [1.82, 2.24) is 89.7 Å². The van der Waals surface area contributed by atoms with E-state index in [0.717, 1.165) is 166 Å². The molecule has 8 aromatic carbocycles. The molecule has 0 saturated heterocycles. The molecule has 25 nitrogen and oxygen atoms in total. The first-order valence-electron chi connectivity index (χ1n) is 45.7. The Morgan fingerprint density at radius 2 is 0.640 bits per heavy atom. The highest BCUT2D eigenvalue weighted by atomic mass is 19.3. The van der Waals surface area contributed by atoms with E-state index >= 15 is 0 Å². The van der Waals surface area contributed by atoms with Gasteiger partial charge in [0.1, 0.15) is 86.2 Å². The number of alkyl halides is 2. The molecule has 0 spiro atoms. The first kappa shape index (κ1) is 90.3. The third-order valence-electron chi connectivity index (χ3n) is 22.9. The average molecular weight is 1820 g/mol. The van der Waals surface area contributed by atoms with E-state index in [0.29, 0.717) is 80.9 Å². The summed E-state index contributed by atoms with van der Waals surface area (Å²) in [6.07, 6.45) is 8.42. The maximum absolute atomic E-state index is 14.1. The molecule has 0 unspecified atom stereocenters. The minimum Gasteiger partial charge on any atom is -0.508 e. The first-order valence-corrected chi connectivity index (χ1v) is 45.7. The summed E-state index contributed by atoms with van der Waals surface area (Å²) >= 11 is 0. The third-order valence-corrected chi connectivity index (χ3v) is 22.9. The van der Waals surface area contributed by atoms with Gasteiger partial charge in [-0.2, -0.15) is 0 Å². The Kier molecular flexibility index (Phi) is 26.4. The van der Waals surface area contributed by atoms with Gasteiger partial charge in [0.05, 0.1) is 49.1 Å². The Labute approximate surface area is 782 Å². The molecule has 0 radical (unpaired) electrons. The number of para-hydroxylation sites is 1. The number of aryl methyl sites for hydroxylation is 5. The normalized spacial score (nSPS) is 12.9. The number of phenolic OH excluding ortho intramolecular Hbond substituents is 1. The van der Waals surface area contributed by atoms with Gasteiger partial charge >= 0.3 is 0 Å². The molecular formula is C107H104F4N24O. The fraction of sp³-hybridized carbons (Fsp3) is 0.215. The molecule has 3 aliphatic rings. The van der Waals surface area contributed by atoms with Gasteiger partial charge in [0.15, 0.2) is 34.9 Å². The van der Waals surface area contributed by atoms with E-state index < -0.39 is 5.92 Å². The van der Waals surface area contributed by atoms with Crippen LogP contribution in [-0.2, 0) is 5.92 Å². The number of phenols is 1. The van der Waals surface area contributed by atoms with E-state index in [1.165, 1.54) is 55.9 Å². The quantitative estimate of drug-likeness (QED) is 0.0315. The maximum atomic E-state index is 14.1. The van der Waals surface area contributed by atoms with Crippen LogP contribution >= 0.6 is 0 Å². The minimum atomic E-state index is -2.96. The van der Waals surface area contributed by atoms with E-state index in [9.17, 15) is 22.7 Å². The first-order chi connectivity index (χ1) is 65.8. The second-order valence-corrected chi connectivity index (χ2v) is 35.2. The van der Waals surface area contributed by atoms with Crippen LogP contribution in [0.2, 0.25) is 0 Å². The number of anilines is 7. The highest BCUT2D eigenvalue weighted by Crippen LogP contribution is 2.39. The molecule has 0 amide bonds. The molecule has 3 fully saturated rings. The molecule has 12 aromatic heterocycles. The van der Waals surface area contributed by atoms with Crippen molar-refractivity contribution in [3.63, 3.8) is 0 Å². The molecule has 0 bridgehead atoms. The molecule has 3 aliphatic carbocycles. The molecule has 23 rings (SSSR count). The van der Waals surface area contributed by atoms with Gasteiger partial charge in [0.2, 0.25) is 0 Å². The highest BCUT2D eigenvalue weighted by Gasteiger charge is 2.30. The van der Waals surface area contributed by atoms with Crippen LogP contribution in [0.25, 0.3) is 146 Å². The van der Waals surface area contributed by atoms with E-state index in [1.54, 1.807) is 48.5 Å². The number of nitrogens with zero attached hydrogens (tertiary/aromatic N) is 12. The second-order valence-electron chi connectivity index (χ2n) is 35.2. The smallest absolute Gasteiger partial charge is 0.284 e. The summed E-state index contributed by atoms with van der Waals surface area (Å²) in [6, 6.07) is 81.6. The van der Waals surface area contributed by atoms with Crippen LogP contribution in [-0.4, -0.2) is 125 Å². The Bertz CT molecular complexity index is 7430. The van der Waals surface area contributed by atoms with Crippen molar-refractivity contribution in [2.75, 3.05) is 31.9 Å². The van der Waals surface area contributed by atoms with Crippen LogP contribution in [0.1, 0.15) is 114 Å². The number of halogens is 4. The van der Waals surface area contributed by atoms with Gasteiger partial charge in [-0.05, 0) is 210 Å². The van der Waals surface area contributed by atoms with Crippen molar-refractivity contribution < 1.29 is 22.7 Å². The Morgan fingerprint density at radius 1 is 0.324 bits per heavy atom. The van der Waals surface area contributed by atoms with Crippen molar-refractivity contribution in [2.24, 2.45) is 0 Å². The molecule has 3 saturated carbocycles. The topological polar surface area (TPSA) is 342 Å². The summed E-state index contributed by atoms with van der Waals surface area (Å²) in [4.78, 5) is 74.5. The lowest BCUT2D eigenvalue weighted by Crippen LogP contribution is -2.27. The minimum absolute atomic E-state index is 0.122. The lowest BCUT2D eigenvalue weighted by molar-refractivity contribution is 0.0135. The molecule has 20 aromatic rings. The van der Waals surface area contributed by atoms with Gasteiger partial charge in [0.25, 0.3) is 5.92 Å². The summed E-state index contributed by atoms with van der Waals surface area (Å²) < 4.78 is 55.4. The van der Waals surface area contributed by atoms with Crippen molar-refractivity contribution in [1.29, 1.82) is 0 Å². The number of aromatic amines is 6. The van der Waals surface area contributed by atoms with Gasteiger partial charge in [-0.1, -0.05) is 163 Å². The van der Waals surface area contributed by atoms with Crippen LogP contribution in [0.5, 0.6) is 5.75 Å². The number of aromatic hydroxyl groups is 1. The zero-order chi connectivity index (χ0) is 94.3.